The molecule has 3 rings (SSSR count). The van der Waals surface area contributed by atoms with E-state index >= 15 is 0 Å². The number of fused-ring (bicyclic) bond motifs is 1. The summed E-state index contributed by atoms with van der Waals surface area (Å²) in [6.45, 7) is 8.05. The number of nitrogens with one attached hydrogen (secondary N) is 1. The first kappa shape index (κ1) is 17.6. The van der Waals surface area contributed by atoms with Gasteiger partial charge in [-0.2, -0.15) is 0 Å². The Hall–Kier alpha value is -2.21. The first-order chi connectivity index (χ1) is 11.9. The van der Waals surface area contributed by atoms with Crippen LogP contribution in [0.25, 0.3) is 22.2 Å². The van der Waals surface area contributed by atoms with Gasteiger partial charge in [-0.3, -0.25) is 4.79 Å². The zero-order chi connectivity index (χ0) is 18.1. The minimum Gasteiger partial charge on any atom is -0.440 e. The van der Waals surface area contributed by atoms with Gasteiger partial charge >= 0.3 is 0 Å². The fourth-order valence-electron chi connectivity index (χ4n) is 2.75. The highest BCUT2D eigenvalue weighted by Gasteiger charge is 2.16. The van der Waals surface area contributed by atoms with Crippen LogP contribution >= 0.6 is 11.9 Å². The summed E-state index contributed by atoms with van der Waals surface area (Å²) >= 11 is 1.63. The van der Waals surface area contributed by atoms with Crippen molar-refractivity contribution in [2.45, 2.75) is 33.6 Å². The van der Waals surface area contributed by atoms with Crippen molar-refractivity contribution in [2.75, 3.05) is 10.5 Å². The zero-order valence-corrected chi connectivity index (χ0v) is 16.0. The van der Waals surface area contributed by atoms with Crippen LogP contribution in [0.5, 0.6) is 0 Å². The summed E-state index contributed by atoms with van der Waals surface area (Å²) in [5.74, 6) is 1.89. The van der Waals surface area contributed by atoms with Gasteiger partial charge in [0.1, 0.15) is 5.52 Å². The predicted octanol–water partition coefficient (Wildman–Crippen LogP) is 4.71. The number of pyridine rings is 1. The van der Waals surface area contributed by atoms with Crippen LogP contribution in [0.15, 0.2) is 33.6 Å². The van der Waals surface area contributed by atoms with Crippen molar-refractivity contribution in [3.8, 4) is 11.1 Å². The van der Waals surface area contributed by atoms with Crippen molar-refractivity contribution in [1.29, 1.82) is 0 Å². The van der Waals surface area contributed by atoms with Crippen molar-refractivity contribution in [3.63, 3.8) is 0 Å². The lowest BCUT2D eigenvalue weighted by molar-refractivity contribution is 0.502. The fourth-order valence-corrected chi connectivity index (χ4v) is 3.18. The molecule has 0 aliphatic rings. The van der Waals surface area contributed by atoms with Crippen LogP contribution in [0, 0.1) is 6.92 Å². The van der Waals surface area contributed by atoms with Gasteiger partial charge in [-0.15, -0.1) is 0 Å². The van der Waals surface area contributed by atoms with Crippen LogP contribution in [0.3, 0.4) is 0 Å². The maximum absolute atomic E-state index is 12.0. The lowest BCUT2D eigenvalue weighted by Gasteiger charge is -2.10. The third-order valence-electron chi connectivity index (χ3n) is 4.01. The number of hydrogen-bond acceptors (Lipinski definition) is 5. The maximum Gasteiger partial charge on any atom is 0.253 e. The molecule has 1 N–H and O–H groups in total. The molecule has 0 fully saturated rings. The second-order valence-electron chi connectivity index (χ2n) is 6.44. The van der Waals surface area contributed by atoms with E-state index in [-0.39, 0.29) is 11.5 Å². The van der Waals surface area contributed by atoms with Crippen molar-refractivity contribution >= 4 is 28.7 Å². The number of benzene rings is 1. The zero-order valence-electron chi connectivity index (χ0n) is 15.2. The predicted molar refractivity (Wildman–Crippen MR) is 105 cm³/mol. The Kier molecular flexibility index (Phi) is 4.90. The van der Waals surface area contributed by atoms with Crippen LogP contribution in [0.1, 0.15) is 38.1 Å². The summed E-state index contributed by atoms with van der Waals surface area (Å²) < 4.78 is 11.0. The smallest absolute Gasteiger partial charge is 0.253 e. The molecule has 0 saturated heterocycles. The van der Waals surface area contributed by atoms with Crippen molar-refractivity contribution in [1.82, 2.24) is 9.55 Å². The monoisotopic (exact) mass is 357 g/mol. The Morgan fingerprint density at radius 1 is 1.32 bits per heavy atom. The van der Waals surface area contributed by atoms with E-state index < -0.39 is 0 Å². The molecule has 6 heteroatoms. The van der Waals surface area contributed by atoms with E-state index in [4.69, 9.17) is 4.42 Å². The molecule has 0 atom stereocenters. The molecule has 25 heavy (non-hydrogen) atoms. The molecule has 0 saturated carbocycles. The molecule has 0 amide bonds. The van der Waals surface area contributed by atoms with Crippen molar-refractivity contribution < 1.29 is 4.42 Å². The van der Waals surface area contributed by atoms with Gasteiger partial charge in [0.15, 0.2) is 11.5 Å². The molecule has 0 aliphatic carbocycles. The van der Waals surface area contributed by atoms with Gasteiger partial charge in [0.2, 0.25) is 0 Å². The summed E-state index contributed by atoms with van der Waals surface area (Å²) in [4.78, 5) is 16.7. The summed E-state index contributed by atoms with van der Waals surface area (Å²) in [6.07, 6.45) is 1.85. The highest BCUT2D eigenvalue weighted by molar-refractivity contribution is 8.00. The largest absolute Gasteiger partial charge is 0.440 e. The number of aromatic nitrogens is 2. The third kappa shape index (κ3) is 3.44. The fraction of sp³-hybridized carbons (Fsp3) is 0.368. The van der Waals surface area contributed by atoms with Crippen LogP contribution < -0.4 is 10.3 Å². The van der Waals surface area contributed by atoms with Crippen LogP contribution in [0.2, 0.25) is 0 Å². The van der Waals surface area contributed by atoms with Crippen LogP contribution in [0.4, 0.5) is 5.69 Å². The van der Waals surface area contributed by atoms with E-state index in [0.29, 0.717) is 5.56 Å². The normalized spacial score (nSPS) is 11.4. The molecule has 1 aromatic carbocycles. The van der Waals surface area contributed by atoms with Gasteiger partial charge in [0.25, 0.3) is 5.56 Å². The molecular weight excluding hydrogens is 334 g/mol. The molecule has 0 unspecified atom stereocenters. The van der Waals surface area contributed by atoms with E-state index in [1.165, 1.54) is 0 Å². The van der Waals surface area contributed by atoms with E-state index in [9.17, 15) is 4.79 Å². The van der Waals surface area contributed by atoms with Crippen LogP contribution in [-0.4, -0.2) is 15.3 Å². The number of rotatable bonds is 5. The molecule has 2 aromatic heterocycles. The number of hydrogen-bond donors (Lipinski definition) is 1. The van der Waals surface area contributed by atoms with E-state index in [0.717, 1.165) is 39.6 Å². The van der Waals surface area contributed by atoms with Gasteiger partial charge in [-0.1, -0.05) is 32.7 Å². The van der Waals surface area contributed by atoms with Gasteiger partial charge in [-0.25, -0.2) is 4.98 Å². The molecule has 2 heterocycles. The number of nitrogens with zero attached hydrogens (tertiary/aromatic N) is 2. The van der Waals surface area contributed by atoms with Gasteiger partial charge < -0.3 is 13.7 Å². The van der Waals surface area contributed by atoms with E-state index in [2.05, 4.69) is 36.5 Å². The second-order valence-corrected chi connectivity index (χ2v) is 7.51. The van der Waals surface area contributed by atoms with Gasteiger partial charge in [0.05, 0.1) is 0 Å². The highest BCUT2D eigenvalue weighted by Crippen LogP contribution is 2.34. The minimum absolute atomic E-state index is 0.0104. The third-order valence-corrected chi connectivity index (χ3v) is 4.68. The summed E-state index contributed by atoms with van der Waals surface area (Å²) in [5, 5.41) is 0. The molecule has 0 aliphatic heterocycles. The number of aryl methyl sites for hydroxylation is 2. The average Bonchev–Trinajstić information content (AvgIpc) is 3.01. The molecule has 0 bridgehead atoms. The number of anilines is 1. The number of oxazole rings is 1. The quantitative estimate of drug-likeness (QED) is 0.670. The van der Waals surface area contributed by atoms with E-state index in [1.807, 2.05) is 25.3 Å². The van der Waals surface area contributed by atoms with Gasteiger partial charge in [0, 0.05) is 47.3 Å². The van der Waals surface area contributed by atoms with Gasteiger partial charge in [-0.05, 0) is 25.1 Å². The SMILES string of the molecule is CCSNc1cc(-c2cc(C)c(=O)n(C)c2)c2oc(C(C)C)nc2c1. The average molecular weight is 357 g/mol. The Balaban J connectivity index is 2.25. The molecule has 0 radical (unpaired) electrons. The first-order valence-corrected chi connectivity index (χ1v) is 9.39. The molecule has 3 aromatic rings. The first-order valence-electron chi connectivity index (χ1n) is 8.40. The maximum atomic E-state index is 12.0. The van der Waals surface area contributed by atoms with Crippen molar-refractivity contribution in [3.05, 3.63) is 46.2 Å². The Morgan fingerprint density at radius 2 is 2.08 bits per heavy atom. The van der Waals surface area contributed by atoms with Crippen LogP contribution in [-0.2, 0) is 7.05 Å². The minimum atomic E-state index is 0.0104. The Bertz CT molecular complexity index is 946. The summed E-state index contributed by atoms with van der Waals surface area (Å²) in [7, 11) is 1.77. The molecular formula is C19H23N3O2S. The topological polar surface area (TPSA) is 60.1 Å². The molecule has 0 spiro atoms. The van der Waals surface area contributed by atoms with Crippen molar-refractivity contribution in [2.24, 2.45) is 7.05 Å². The standard InChI is InChI=1S/C19H23N3O2S/c1-6-25-21-14-8-15(13-7-12(4)19(23)22(5)10-13)17-16(9-14)20-18(24-17)11(2)3/h7-11,21H,6H2,1-5H3. The Labute approximate surface area is 151 Å². The molecule has 132 valence electrons. The second kappa shape index (κ2) is 6.96. The lowest BCUT2D eigenvalue weighted by atomic mass is 10.0. The highest BCUT2D eigenvalue weighted by atomic mass is 32.2. The molecule has 5 nitrogen and oxygen atoms in total. The summed E-state index contributed by atoms with van der Waals surface area (Å²) in [5.41, 5.74) is 5.16. The lowest BCUT2D eigenvalue weighted by Crippen LogP contribution is -2.18. The summed E-state index contributed by atoms with van der Waals surface area (Å²) in [6, 6.07) is 5.97. The Morgan fingerprint density at radius 3 is 2.72 bits per heavy atom. The van der Waals surface area contributed by atoms with E-state index in [1.54, 1.807) is 23.6 Å².